The lowest BCUT2D eigenvalue weighted by Crippen LogP contribution is -2.23. The van der Waals surface area contributed by atoms with Gasteiger partial charge in [0, 0.05) is 20.8 Å². The molecule has 5 heteroatoms. The molecule has 1 N–H and O–H groups in total. The first-order chi connectivity index (χ1) is 9.82. The van der Waals surface area contributed by atoms with Crippen LogP contribution >= 0.6 is 27.3 Å². The molecule has 1 unspecified atom stereocenters. The van der Waals surface area contributed by atoms with Gasteiger partial charge in [-0.05, 0) is 18.7 Å². The van der Waals surface area contributed by atoms with Crippen molar-refractivity contribution in [3.8, 4) is 0 Å². The van der Waals surface area contributed by atoms with Crippen molar-refractivity contribution in [2.24, 2.45) is 0 Å². The fraction of sp³-hybridized carbons (Fsp3) is 0.438. The maximum atomic E-state index is 14.3. The summed E-state index contributed by atoms with van der Waals surface area (Å²) in [5.74, 6) is -0.220. The summed E-state index contributed by atoms with van der Waals surface area (Å²) in [4.78, 5) is 4.72. The summed E-state index contributed by atoms with van der Waals surface area (Å²) in [7, 11) is 0. The Balaban J connectivity index is 2.41. The molecule has 0 aliphatic rings. The van der Waals surface area contributed by atoms with Gasteiger partial charge in [0.1, 0.15) is 10.8 Å². The summed E-state index contributed by atoms with van der Waals surface area (Å²) < 4.78 is 15.0. The first kappa shape index (κ1) is 16.6. The molecule has 0 radical (unpaired) electrons. The lowest BCUT2D eigenvalue weighted by atomic mass is 9.93. The maximum absolute atomic E-state index is 14.3. The number of halogens is 2. The zero-order valence-electron chi connectivity index (χ0n) is 12.7. The third kappa shape index (κ3) is 3.90. The van der Waals surface area contributed by atoms with Crippen molar-refractivity contribution < 1.29 is 4.39 Å². The molecule has 0 amide bonds. The van der Waals surface area contributed by atoms with Crippen LogP contribution in [0.1, 0.15) is 50.0 Å². The SMILES string of the molecule is CCNC(c1nc(C(C)(C)C)cs1)c1ccc(Br)cc1F. The second-order valence-corrected chi connectivity index (χ2v) is 7.78. The van der Waals surface area contributed by atoms with Gasteiger partial charge >= 0.3 is 0 Å². The van der Waals surface area contributed by atoms with Gasteiger partial charge in [0.05, 0.1) is 11.7 Å². The second-order valence-electron chi connectivity index (χ2n) is 5.98. The molecule has 1 atom stereocenters. The fourth-order valence-corrected chi connectivity index (χ4v) is 3.50. The summed E-state index contributed by atoms with van der Waals surface area (Å²) >= 11 is 4.88. The van der Waals surface area contributed by atoms with E-state index in [1.165, 1.54) is 6.07 Å². The van der Waals surface area contributed by atoms with Gasteiger partial charge in [-0.2, -0.15) is 0 Å². The van der Waals surface area contributed by atoms with Crippen LogP contribution in [0.3, 0.4) is 0 Å². The summed E-state index contributed by atoms with van der Waals surface area (Å²) in [6.07, 6.45) is 0. The Labute approximate surface area is 137 Å². The molecular weight excluding hydrogens is 351 g/mol. The number of nitrogens with one attached hydrogen (secondary N) is 1. The highest BCUT2D eigenvalue weighted by molar-refractivity contribution is 9.10. The molecule has 0 aliphatic heterocycles. The monoisotopic (exact) mass is 370 g/mol. The van der Waals surface area contributed by atoms with Crippen LogP contribution in [0.4, 0.5) is 4.39 Å². The first-order valence-corrected chi connectivity index (χ1v) is 8.64. The Morgan fingerprint density at radius 2 is 2.10 bits per heavy atom. The maximum Gasteiger partial charge on any atom is 0.129 e. The Morgan fingerprint density at radius 1 is 1.38 bits per heavy atom. The Kier molecular flexibility index (Phi) is 5.17. The molecule has 114 valence electrons. The van der Waals surface area contributed by atoms with E-state index in [0.29, 0.717) is 5.56 Å². The van der Waals surface area contributed by atoms with E-state index < -0.39 is 0 Å². The Bertz CT molecular complexity index is 619. The van der Waals surface area contributed by atoms with Crippen LogP contribution in [0, 0.1) is 5.82 Å². The van der Waals surface area contributed by atoms with E-state index in [4.69, 9.17) is 4.98 Å². The van der Waals surface area contributed by atoms with Gasteiger partial charge in [0.25, 0.3) is 0 Å². The molecule has 0 aliphatic carbocycles. The molecule has 1 heterocycles. The van der Waals surface area contributed by atoms with Crippen LogP contribution in [-0.4, -0.2) is 11.5 Å². The quantitative estimate of drug-likeness (QED) is 0.814. The molecule has 1 aromatic heterocycles. The number of nitrogens with zero attached hydrogens (tertiary/aromatic N) is 1. The van der Waals surface area contributed by atoms with Crippen LogP contribution in [0.15, 0.2) is 28.1 Å². The summed E-state index contributed by atoms with van der Waals surface area (Å²) in [5.41, 5.74) is 1.68. The van der Waals surface area contributed by atoms with Crippen molar-refractivity contribution in [1.29, 1.82) is 0 Å². The lowest BCUT2D eigenvalue weighted by molar-refractivity contribution is 0.544. The van der Waals surface area contributed by atoms with Crippen LogP contribution < -0.4 is 5.32 Å². The first-order valence-electron chi connectivity index (χ1n) is 6.97. The zero-order chi connectivity index (χ0) is 15.6. The van der Waals surface area contributed by atoms with E-state index >= 15 is 0 Å². The predicted octanol–water partition coefficient (Wildman–Crippen LogP) is 5.04. The fourth-order valence-electron chi connectivity index (χ4n) is 2.03. The number of hydrogen-bond donors (Lipinski definition) is 1. The Morgan fingerprint density at radius 3 is 2.62 bits per heavy atom. The molecule has 1 aromatic carbocycles. The molecule has 21 heavy (non-hydrogen) atoms. The van der Waals surface area contributed by atoms with Crippen molar-refractivity contribution >= 4 is 27.3 Å². The number of hydrogen-bond acceptors (Lipinski definition) is 3. The van der Waals surface area contributed by atoms with Crippen molar-refractivity contribution in [3.63, 3.8) is 0 Å². The summed E-state index contributed by atoms with van der Waals surface area (Å²) in [6.45, 7) is 9.17. The van der Waals surface area contributed by atoms with E-state index in [2.05, 4.69) is 47.4 Å². The number of benzene rings is 1. The van der Waals surface area contributed by atoms with Gasteiger partial charge in [-0.25, -0.2) is 9.37 Å². The Hall–Kier alpha value is -0.780. The van der Waals surface area contributed by atoms with Crippen LogP contribution in [0.25, 0.3) is 0 Å². The number of rotatable bonds is 4. The lowest BCUT2D eigenvalue weighted by Gasteiger charge is -2.18. The molecular formula is C16H20BrFN2S. The van der Waals surface area contributed by atoms with Crippen molar-refractivity contribution in [2.75, 3.05) is 6.54 Å². The molecule has 0 saturated heterocycles. The van der Waals surface area contributed by atoms with Gasteiger partial charge in [-0.3, -0.25) is 0 Å². The minimum atomic E-state index is -0.220. The summed E-state index contributed by atoms with van der Waals surface area (Å²) in [6, 6.07) is 4.97. The van der Waals surface area contributed by atoms with Crippen molar-refractivity contribution in [1.82, 2.24) is 10.3 Å². The normalized spacial score (nSPS) is 13.4. The van der Waals surface area contributed by atoms with Crippen LogP contribution in [-0.2, 0) is 5.41 Å². The zero-order valence-corrected chi connectivity index (χ0v) is 15.1. The van der Waals surface area contributed by atoms with E-state index in [-0.39, 0.29) is 17.3 Å². The minimum absolute atomic E-state index is 0.00375. The second kappa shape index (κ2) is 6.55. The van der Waals surface area contributed by atoms with Gasteiger partial charge in [-0.1, -0.05) is 49.7 Å². The highest BCUT2D eigenvalue weighted by Gasteiger charge is 2.23. The van der Waals surface area contributed by atoms with Crippen molar-refractivity contribution in [2.45, 2.75) is 39.2 Å². The molecule has 0 fully saturated rings. The number of aromatic nitrogens is 1. The van der Waals surface area contributed by atoms with E-state index in [0.717, 1.165) is 21.7 Å². The average Bonchev–Trinajstić information content (AvgIpc) is 2.86. The molecule has 0 bridgehead atoms. The average molecular weight is 371 g/mol. The summed E-state index contributed by atoms with van der Waals surface area (Å²) in [5, 5.41) is 6.30. The van der Waals surface area contributed by atoms with Gasteiger partial charge < -0.3 is 5.32 Å². The highest BCUT2D eigenvalue weighted by Crippen LogP contribution is 2.31. The molecule has 0 spiro atoms. The van der Waals surface area contributed by atoms with E-state index in [1.54, 1.807) is 11.3 Å². The molecule has 2 nitrogen and oxygen atoms in total. The van der Waals surface area contributed by atoms with Crippen molar-refractivity contribution in [3.05, 3.63) is 50.1 Å². The van der Waals surface area contributed by atoms with E-state index in [1.807, 2.05) is 19.1 Å². The molecule has 2 aromatic rings. The van der Waals surface area contributed by atoms with Gasteiger partial charge in [-0.15, -0.1) is 11.3 Å². The topological polar surface area (TPSA) is 24.9 Å². The van der Waals surface area contributed by atoms with Crippen LogP contribution in [0.2, 0.25) is 0 Å². The largest absolute Gasteiger partial charge is 0.304 e. The molecule has 2 rings (SSSR count). The van der Waals surface area contributed by atoms with E-state index in [9.17, 15) is 4.39 Å². The van der Waals surface area contributed by atoms with Gasteiger partial charge in [0.15, 0.2) is 0 Å². The number of thiazole rings is 1. The highest BCUT2D eigenvalue weighted by atomic mass is 79.9. The molecule has 0 saturated carbocycles. The standard InChI is InChI=1S/C16H20BrFN2S/c1-5-19-14(11-7-6-10(17)8-12(11)18)15-20-13(9-21-15)16(2,3)4/h6-9,14,19H,5H2,1-4H3. The smallest absolute Gasteiger partial charge is 0.129 e. The third-order valence-electron chi connectivity index (χ3n) is 3.22. The van der Waals surface area contributed by atoms with Gasteiger partial charge in [0.2, 0.25) is 0 Å². The third-order valence-corrected chi connectivity index (χ3v) is 4.62. The minimum Gasteiger partial charge on any atom is -0.304 e. The predicted molar refractivity (Wildman–Crippen MR) is 90.4 cm³/mol. The van der Waals surface area contributed by atoms with Crippen LogP contribution in [0.5, 0.6) is 0 Å².